The lowest BCUT2D eigenvalue weighted by Gasteiger charge is -2.18. The minimum Gasteiger partial charge on any atom is -0.371 e. The first-order chi connectivity index (χ1) is 10.3. The van der Waals surface area contributed by atoms with Gasteiger partial charge in [0.05, 0.1) is 6.21 Å². The van der Waals surface area contributed by atoms with E-state index in [9.17, 15) is 13.2 Å². The molecule has 0 radical (unpaired) electrons. The van der Waals surface area contributed by atoms with E-state index in [2.05, 4.69) is 30.0 Å². The number of fused-ring (bicyclic) bond motifs is 1. The highest BCUT2D eigenvalue weighted by Crippen LogP contribution is 2.30. The van der Waals surface area contributed by atoms with Crippen LogP contribution >= 0.6 is 11.6 Å². The lowest BCUT2D eigenvalue weighted by atomic mass is 10.3. The van der Waals surface area contributed by atoms with Gasteiger partial charge >= 0.3 is 12.4 Å². The van der Waals surface area contributed by atoms with Crippen molar-refractivity contribution in [1.29, 1.82) is 0 Å². The van der Waals surface area contributed by atoms with Crippen molar-refractivity contribution in [2.45, 2.75) is 11.5 Å². The van der Waals surface area contributed by atoms with Gasteiger partial charge in [0, 0.05) is 5.69 Å². The van der Waals surface area contributed by atoms with Gasteiger partial charge in [0.2, 0.25) is 5.96 Å². The number of para-hydroxylation sites is 1. The second-order valence-electron chi connectivity index (χ2n) is 4.21. The zero-order chi connectivity index (χ0) is 15.8. The SMILES string of the molecule is FC(F)(F)OC1=NC2(Cl)N=C(Nc3ccccc3)N=C2C=N1. The number of guanidine groups is 1. The van der Waals surface area contributed by atoms with Crippen molar-refractivity contribution in [3.8, 4) is 0 Å². The summed E-state index contributed by atoms with van der Waals surface area (Å²) in [7, 11) is 0. The van der Waals surface area contributed by atoms with Gasteiger partial charge in [-0.25, -0.2) is 9.98 Å². The molecule has 2 aliphatic rings. The van der Waals surface area contributed by atoms with Crippen molar-refractivity contribution in [2.24, 2.45) is 20.0 Å². The third kappa shape index (κ3) is 3.08. The molecule has 0 bridgehead atoms. The predicted octanol–water partition coefficient (Wildman–Crippen LogP) is 2.78. The van der Waals surface area contributed by atoms with Gasteiger partial charge in [-0.05, 0) is 12.1 Å². The topological polar surface area (TPSA) is 70.7 Å². The molecule has 1 atom stereocenters. The molecule has 1 N–H and O–H groups in total. The summed E-state index contributed by atoms with van der Waals surface area (Å²) in [6.45, 7) is 0. The van der Waals surface area contributed by atoms with Crippen LogP contribution in [0, 0.1) is 0 Å². The van der Waals surface area contributed by atoms with E-state index in [1.165, 1.54) is 0 Å². The zero-order valence-corrected chi connectivity index (χ0v) is 11.4. The number of halogens is 4. The lowest BCUT2D eigenvalue weighted by Crippen LogP contribution is -2.33. The van der Waals surface area contributed by atoms with E-state index in [0.29, 0.717) is 5.69 Å². The largest absolute Gasteiger partial charge is 0.575 e. The van der Waals surface area contributed by atoms with Crippen LogP contribution < -0.4 is 5.32 Å². The number of hydrogen-bond donors (Lipinski definition) is 1. The van der Waals surface area contributed by atoms with E-state index in [1.54, 1.807) is 24.3 Å². The lowest BCUT2D eigenvalue weighted by molar-refractivity contribution is -0.284. The molecule has 6 nitrogen and oxygen atoms in total. The van der Waals surface area contributed by atoms with Gasteiger partial charge in [-0.3, -0.25) is 0 Å². The van der Waals surface area contributed by atoms with Gasteiger partial charge in [-0.2, -0.15) is 9.98 Å². The Kier molecular flexibility index (Phi) is 3.36. The first-order valence-electron chi connectivity index (χ1n) is 5.94. The van der Waals surface area contributed by atoms with Crippen molar-refractivity contribution < 1.29 is 17.9 Å². The average Bonchev–Trinajstić information content (AvgIpc) is 2.73. The number of alkyl halides is 4. The fraction of sp³-hybridized carbons (Fsp3) is 0.167. The van der Waals surface area contributed by atoms with Crippen LogP contribution in [-0.2, 0) is 4.74 Å². The Hall–Kier alpha value is -2.42. The third-order valence-electron chi connectivity index (χ3n) is 2.58. The quantitative estimate of drug-likeness (QED) is 0.635. The molecule has 1 unspecified atom stereocenters. The molecular formula is C12H7ClF3N5O. The fourth-order valence-electron chi connectivity index (χ4n) is 1.73. The maximum atomic E-state index is 12.2. The van der Waals surface area contributed by atoms with Gasteiger partial charge in [-0.1, -0.05) is 29.8 Å². The monoisotopic (exact) mass is 329 g/mol. The molecule has 114 valence electrons. The fourth-order valence-corrected chi connectivity index (χ4v) is 1.98. The van der Waals surface area contributed by atoms with Crippen LogP contribution in [0.2, 0.25) is 0 Å². The Balaban J connectivity index is 1.83. The highest BCUT2D eigenvalue weighted by molar-refractivity contribution is 6.53. The maximum absolute atomic E-state index is 12.2. The van der Waals surface area contributed by atoms with Crippen LogP contribution in [-0.4, -0.2) is 35.4 Å². The van der Waals surface area contributed by atoms with Crippen molar-refractivity contribution in [3.05, 3.63) is 30.3 Å². The molecule has 2 heterocycles. The molecule has 3 rings (SSSR count). The van der Waals surface area contributed by atoms with Crippen LogP contribution in [0.5, 0.6) is 0 Å². The number of anilines is 1. The van der Waals surface area contributed by atoms with E-state index in [0.717, 1.165) is 6.21 Å². The van der Waals surface area contributed by atoms with E-state index < -0.39 is 17.5 Å². The summed E-state index contributed by atoms with van der Waals surface area (Å²) >= 11 is 6.07. The molecule has 0 amide bonds. The standard InChI is InChI=1S/C12H7ClF3N5O/c13-11-8(6-17-10(21-11)22-12(14,15)16)19-9(20-11)18-7-4-2-1-3-5-7/h1-6H,(H,18,20). The zero-order valence-electron chi connectivity index (χ0n) is 10.7. The Bertz CT molecular complexity index is 713. The summed E-state index contributed by atoms with van der Waals surface area (Å²) in [4.78, 5) is 14.9. The highest BCUT2D eigenvalue weighted by Gasteiger charge is 2.43. The summed E-state index contributed by atoms with van der Waals surface area (Å²) < 4.78 is 40.2. The van der Waals surface area contributed by atoms with Crippen molar-refractivity contribution >= 4 is 41.2 Å². The highest BCUT2D eigenvalue weighted by atomic mass is 35.5. The van der Waals surface area contributed by atoms with E-state index in [-0.39, 0.29) is 11.7 Å². The summed E-state index contributed by atoms with van der Waals surface area (Å²) in [5, 5.41) is 1.06. The number of nitrogens with one attached hydrogen (secondary N) is 1. The van der Waals surface area contributed by atoms with Crippen LogP contribution in [0.3, 0.4) is 0 Å². The summed E-state index contributed by atoms with van der Waals surface area (Å²) in [6, 6.07) is 8.02. The second-order valence-corrected chi connectivity index (χ2v) is 4.74. The predicted molar refractivity (Wildman–Crippen MR) is 76.6 cm³/mol. The van der Waals surface area contributed by atoms with Crippen molar-refractivity contribution in [3.63, 3.8) is 0 Å². The number of aliphatic imine (C=N–C) groups is 4. The molecular weight excluding hydrogens is 323 g/mol. The number of hydrogen-bond acceptors (Lipinski definition) is 6. The molecule has 22 heavy (non-hydrogen) atoms. The smallest absolute Gasteiger partial charge is 0.371 e. The first kappa shape index (κ1) is 14.5. The molecule has 10 heteroatoms. The number of nitrogens with zero attached hydrogens (tertiary/aromatic N) is 4. The average molecular weight is 330 g/mol. The summed E-state index contributed by atoms with van der Waals surface area (Å²) in [5.41, 5.74) is 0.791. The van der Waals surface area contributed by atoms with Crippen LogP contribution in [0.25, 0.3) is 0 Å². The van der Waals surface area contributed by atoms with Gasteiger partial charge < -0.3 is 10.1 Å². The molecule has 1 aromatic carbocycles. The van der Waals surface area contributed by atoms with Gasteiger partial charge in [0.15, 0.2) is 0 Å². The maximum Gasteiger partial charge on any atom is 0.575 e. The molecule has 0 fully saturated rings. The van der Waals surface area contributed by atoms with Gasteiger partial charge in [-0.15, -0.1) is 13.2 Å². The van der Waals surface area contributed by atoms with Gasteiger partial charge in [0.25, 0.3) is 5.12 Å². The normalized spacial score (nSPS) is 23.4. The number of benzene rings is 1. The number of ether oxygens (including phenoxy) is 1. The second kappa shape index (κ2) is 5.09. The first-order valence-corrected chi connectivity index (χ1v) is 6.31. The number of rotatable bonds is 1. The molecule has 1 aromatic rings. The van der Waals surface area contributed by atoms with E-state index >= 15 is 0 Å². The molecule has 0 saturated heterocycles. The molecule has 0 aromatic heterocycles. The molecule has 0 aliphatic carbocycles. The minimum absolute atomic E-state index is 0.0992. The van der Waals surface area contributed by atoms with Crippen molar-refractivity contribution in [1.82, 2.24) is 0 Å². The van der Waals surface area contributed by atoms with Crippen LogP contribution in [0.15, 0.2) is 50.3 Å². The van der Waals surface area contributed by atoms with Crippen LogP contribution in [0.4, 0.5) is 18.9 Å². The molecule has 0 spiro atoms. The van der Waals surface area contributed by atoms with E-state index in [4.69, 9.17) is 11.6 Å². The summed E-state index contributed by atoms with van der Waals surface area (Å²) in [6.07, 6.45) is -3.88. The minimum atomic E-state index is -4.91. The van der Waals surface area contributed by atoms with Crippen LogP contribution in [0.1, 0.15) is 0 Å². The molecule has 2 aliphatic heterocycles. The Morgan fingerprint density at radius 3 is 2.55 bits per heavy atom. The van der Waals surface area contributed by atoms with E-state index in [1.807, 2.05) is 6.07 Å². The molecule has 0 saturated carbocycles. The Labute approximate surface area is 127 Å². The van der Waals surface area contributed by atoms with Gasteiger partial charge in [0.1, 0.15) is 5.71 Å². The van der Waals surface area contributed by atoms with Crippen molar-refractivity contribution in [2.75, 3.05) is 5.32 Å². The summed E-state index contributed by atoms with van der Waals surface area (Å²) in [5.74, 6) is 0.111. The third-order valence-corrected chi connectivity index (χ3v) is 2.95. The number of amidine groups is 1. The Morgan fingerprint density at radius 1 is 1.14 bits per heavy atom. The Morgan fingerprint density at radius 2 is 1.86 bits per heavy atom.